The summed E-state index contributed by atoms with van der Waals surface area (Å²) >= 11 is 0. The van der Waals surface area contributed by atoms with E-state index in [0.717, 1.165) is 5.56 Å². The van der Waals surface area contributed by atoms with Gasteiger partial charge < -0.3 is 31.9 Å². The number of hydrogen-bond donors (Lipinski definition) is 6. The molecule has 11 heteroatoms. The van der Waals surface area contributed by atoms with Crippen LogP contribution in [0.2, 0.25) is 0 Å². The predicted molar refractivity (Wildman–Crippen MR) is 96.0 cm³/mol. The van der Waals surface area contributed by atoms with Gasteiger partial charge in [0.25, 0.3) is 0 Å². The first-order chi connectivity index (χ1) is 13.2. The largest absolute Gasteiger partial charge is 0.481 e. The summed E-state index contributed by atoms with van der Waals surface area (Å²) in [7, 11) is 0. The van der Waals surface area contributed by atoms with E-state index in [1.165, 1.54) is 0 Å². The van der Waals surface area contributed by atoms with Crippen LogP contribution in [0.5, 0.6) is 0 Å². The number of nitrogens with two attached hydrogens (primary N) is 1. The molecule has 1 aliphatic rings. The number of carboxylic acid groups (broad SMARTS) is 2. The van der Waals surface area contributed by atoms with Gasteiger partial charge in [-0.25, -0.2) is 4.79 Å². The van der Waals surface area contributed by atoms with Crippen LogP contribution < -0.4 is 21.7 Å². The SMILES string of the molecule is N[C@@H](CC(=O)O)C(=O)N[C@@H](Cc1ccccc1)C(=O)O.O=C1NCCNC1=O. The van der Waals surface area contributed by atoms with Crippen LogP contribution in [-0.2, 0) is 30.4 Å². The first-order valence-electron chi connectivity index (χ1n) is 8.31. The summed E-state index contributed by atoms with van der Waals surface area (Å²) in [5.74, 6) is -4.28. The number of piperazine rings is 1. The summed E-state index contributed by atoms with van der Waals surface area (Å²) < 4.78 is 0. The lowest BCUT2D eigenvalue weighted by atomic mass is 10.1. The molecule has 0 aliphatic carbocycles. The molecule has 7 N–H and O–H groups in total. The van der Waals surface area contributed by atoms with Crippen LogP contribution in [0.15, 0.2) is 30.3 Å². The average molecular weight is 394 g/mol. The first kappa shape index (κ1) is 22.6. The number of rotatable bonds is 7. The van der Waals surface area contributed by atoms with Gasteiger partial charge in [-0.2, -0.15) is 0 Å². The maximum absolute atomic E-state index is 11.6. The van der Waals surface area contributed by atoms with Gasteiger partial charge in [0, 0.05) is 19.5 Å². The number of carbonyl (C=O) groups excluding carboxylic acids is 3. The minimum absolute atomic E-state index is 0.0989. The van der Waals surface area contributed by atoms with Gasteiger partial charge in [0.1, 0.15) is 6.04 Å². The molecule has 3 amide bonds. The lowest BCUT2D eigenvalue weighted by Gasteiger charge is -2.17. The van der Waals surface area contributed by atoms with E-state index in [-0.39, 0.29) is 6.42 Å². The molecule has 1 aliphatic heterocycles. The lowest BCUT2D eigenvalue weighted by Crippen LogP contribution is -2.49. The highest BCUT2D eigenvalue weighted by Crippen LogP contribution is 2.04. The van der Waals surface area contributed by atoms with E-state index in [9.17, 15) is 24.0 Å². The van der Waals surface area contributed by atoms with Crippen LogP contribution in [0.3, 0.4) is 0 Å². The van der Waals surface area contributed by atoms with Crippen molar-refractivity contribution in [2.24, 2.45) is 5.73 Å². The fourth-order valence-electron chi connectivity index (χ4n) is 2.12. The zero-order chi connectivity index (χ0) is 21.1. The molecule has 1 saturated heterocycles. The summed E-state index contributed by atoms with van der Waals surface area (Å²) in [6, 6.07) is 6.35. The normalized spacial score (nSPS) is 15.0. The van der Waals surface area contributed by atoms with Gasteiger partial charge in [-0.3, -0.25) is 19.2 Å². The van der Waals surface area contributed by atoms with Crippen molar-refractivity contribution in [3.63, 3.8) is 0 Å². The van der Waals surface area contributed by atoms with Gasteiger partial charge in [0.05, 0.1) is 12.5 Å². The Balaban J connectivity index is 0.000000406. The summed E-state index contributed by atoms with van der Waals surface area (Å²) in [6.45, 7) is 1.09. The summed E-state index contributed by atoms with van der Waals surface area (Å²) in [4.78, 5) is 53.7. The molecule has 2 rings (SSSR count). The van der Waals surface area contributed by atoms with E-state index >= 15 is 0 Å². The van der Waals surface area contributed by atoms with E-state index in [2.05, 4.69) is 16.0 Å². The fourth-order valence-corrected chi connectivity index (χ4v) is 2.12. The zero-order valence-corrected chi connectivity index (χ0v) is 14.9. The summed E-state index contributed by atoms with van der Waals surface area (Å²) in [5.41, 5.74) is 6.12. The van der Waals surface area contributed by atoms with Crippen molar-refractivity contribution in [2.45, 2.75) is 24.9 Å². The molecule has 0 aromatic heterocycles. The molecular weight excluding hydrogens is 372 g/mol. The molecule has 2 atom stereocenters. The second-order valence-electron chi connectivity index (χ2n) is 5.81. The number of amides is 3. The van der Waals surface area contributed by atoms with Gasteiger partial charge >= 0.3 is 23.8 Å². The smallest absolute Gasteiger partial charge is 0.326 e. The fraction of sp³-hybridized carbons (Fsp3) is 0.353. The quantitative estimate of drug-likeness (QED) is 0.282. The Morgan fingerprint density at radius 2 is 1.57 bits per heavy atom. The number of carboxylic acids is 2. The van der Waals surface area contributed by atoms with Crippen molar-refractivity contribution in [2.75, 3.05) is 13.1 Å². The molecule has 11 nitrogen and oxygen atoms in total. The van der Waals surface area contributed by atoms with E-state index in [1.807, 2.05) is 0 Å². The molecule has 152 valence electrons. The Hall–Kier alpha value is -3.47. The molecule has 0 spiro atoms. The summed E-state index contributed by atoms with van der Waals surface area (Å²) in [5, 5.41) is 24.6. The highest BCUT2D eigenvalue weighted by Gasteiger charge is 2.24. The van der Waals surface area contributed by atoms with Crippen LogP contribution in [0.1, 0.15) is 12.0 Å². The van der Waals surface area contributed by atoms with Gasteiger partial charge in [0.15, 0.2) is 0 Å². The molecule has 0 saturated carbocycles. The minimum atomic E-state index is -1.27. The van der Waals surface area contributed by atoms with Gasteiger partial charge in [-0.05, 0) is 5.56 Å². The lowest BCUT2D eigenvalue weighted by molar-refractivity contribution is -0.142. The molecule has 0 radical (unpaired) electrons. The molecule has 1 heterocycles. The van der Waals surface area contributed by atoms with Crippen molar-refractivity contribution in [3.8, 4) is 0 Å². The predicted octanol–water partition coefficient (Wildman–Crippen LogP) is -2.17. The summed E-state index contributed by atoms with van der Waals surface area (Å²) in [6.07, 6.45) is -0.453. The molecule has 1 aromatic rings. The number of hydrogen-bond acceptors (Lipinski definition) is 6. The first-order valence-corrected chi connectivity index (χ1v) is 8.31. The third kappa shape index (κ3) is 8.27. The third-order valence-corrected chi connectivity index (χ3v) is 3.53. The van der Waals surface area contributed by atoms with Crippen molar-refractivity contribution in [1.82, 2.24) is 16.0 Å². The average Bonchev–Trinajstić information content (AvgIpc) is 2.64. The Labute approximate surface area is 160 Å². The standard InChI is InChI=1S/C13H16N2O5.C4H6N2O2/c14-9(7-11(16)17)12(18)15-10(13(19)20)6-8-4-2-1-3-5-8;7-3-4(8)6-2-1-5-3/h1-5,9-10H,6-7,14H2,(H,15,18)(H,16,17)(H,19,20);1-2H2,(H,5,7)(H,6,8)/t9-,10-;/m0./s1. The molecular formula is C17H22N4O7. The van der Waals surface area contributed by atoms with Crippen molar-refractivity contribution < 1.29 is 34.2 Å². The highest BCUT2D eigenvalue weighted by atomic mass is 16.4. The van der Waals surface area contributed by atoms with E-state index < -0.39 is 48.2 Å². The second-order valence-corrected chi connectivity index (χ2v) is 5.81. The minimum Gasteiger partial charge on any atom is -0.481 e. The van der Waals surface area contributed by atoms with Gasteiger partial charge in [-0.15, -0.1) is 0 Å². The van der Waals surface area contributed by atoms with E-state index in [0.29, 0.717) is 13.1 Å². The van der Waals surface area contributed by atoms with Gasteiger partial charge in [0.2, 0.25) is 5.91 Å². The maximum atomic E-state index is 11.6. The van der Waals surface area contributed by atoms with Crippen molar-refractivity contribution >= 4 is 29.7 Å². The molecule has 0 bridgehead atoms. The zero-order valence-electron chi connectivity index (χ0n) is 14.9. The Kier molecular flexibility index (Phi) is 9.10. The van der Waals surface area contributed by atoms with Crippen LogP contribution in [0.4, 0.5) is 0 Å². The van der Waals surface area contributed by atoms with E-state index in [4.69, 9.17) is 15.9 Å². The monoisotopic (exact) mass is 394 g/mol. The topological polar surface area (TPSA) is 188 Å². The highest BCUT2D eigenvalue weighted by molar-refractivity contribution is 6.35. The van der Waals surface area contributed by atoms with Crippen LogP contribution in [-0.4, -0.2) is 65.0 Å². The number of nitrogens with one attached hydrogen (secondary N) is 3. The van der Waals surface area contributed by atoms with Crippen LogP contribution in [0.25, 0.3) is 0 Å². The molecule has 28 heavy (non-hydrogen) atoms. The van der Waals surface area contributed by atoms with E-state index in [1.54, 1.807) is 30.3 Å². The third-order valence-electron chi connectivity index (χ3n) is 3.53. The Morgan fingerprint density at radius 1 is 1.04 bits per heavy atom. The second kappa shape index (κ2) is 11.3. The number of benzene rings is 1. The maximum Gasteiger partial charge on any atom is 0.326 e. The van der Waals surface area contributed by atoms with Crippen molar-refractivity contribution in [3.05, 3.63) is 35.9 Å². The van der Waals surface area contributed by atoms with Crippen LogP contribution >= 0.6 is 0 Å². The Morgan fingerprint density at radius 3 is 2.00 bits per heavy atom. The Bertz CT molecular complexity index is 707. The number of carbonyl (C=O) groups is 5. The molecule has 1 fully saturated rings. The van der Waals surface area contributed by atoms with Gasteiger partial charge in [-0.1, -0.05) is 30.3 Å². The number of aliphatic carboxylic acids is 2. The molecule has 1 aromatic carbocycles. The molecule has 0 unspecified atom stereocenters. The van der Waals surface area contributed by atoms with Crippen molar-refractivity contribution in [1.29, 1.82) is 0 Å². The van der Waals surface area contributed by atoms with Crippen LogP contribution in [0, 0.1) is 0 Å².